The molecule has 2 atom stereocenters. The molecule has 3 nitrogen and oxygen atoms in total. The maximum absolute atomic E-state index is 13.0. The Balaban J connectivity index is 1.86. The molecule has 0 spiro atoms. The lowest BCUT2D eigenvalue weighted by molar-refractivity contribution is -0.125. The van der Waals surface area contributed by atoms with Gasteiger partial charge in [-0.3, -0.25) is 4.79 Å². The first kappa shape index (κ1) is 17.9. The molecule has 1 amide bonds. The lowest BCUT2D eigenvalue weighted by atomic mass is 9.94. The number of amides is 1. The number of hydrogen-bond acceptors (Lipinski definition) is 2. The summed E-state index contributed by atoms with van der Waals surface area (Å²) in [4.78, 5) is 14.7. The molecule has 0 fully saturated rings. The number of carbonyl (C=O) groups is 1. The van der Waals surface area contributed by atoms with Gasteiger partial charge >= 0.3 is 0 Å². The lowest BCUT2D eigenvalue weighted by Crippen LogP contribution is -2.37. The van der Waals surface area contributed by atoms with E-state index in [1.54, 1.807) is 17.9 Å². The summed E-state index contributed by atoms with van der Waals surface area (Å²) < 4.78 is 0. The Hall–Kier alpha value is -2.91. The minimum atomic E-state index is -0.872. The van der Waals surface area contributed by atoms with Gasteiger partial charge in [-0.2, -0.15) is 0 Å². The van der Waals surface area contributed by atoms with Crippen LogP contribution in [0.2, 0.25) is 0 Å². The number of para-hydroxylation sites is 1. The van der Waals surface area contributed by atoms with Gasteiger partial charge in [-0.05, 0) is 34.5 Å². The van der Waals surface area contributed by atoms with E-state index in [9.17, 15) is 9.90 Å². The van der Waals surface area contributed by atoms with Crippen molar-refractivity contribution < 1.29 is 9.90 Å². The van der Waals surface area contributed by atoms with Crippen LogP contribution in [-0.2, 0) is 4.79 Å². The minimum absolute atomic E-state index is 0.128. The normalized spacial score (nSPS) is 13.2. The highest BCUT2D eigenvalue weighted by Crippen LogP contribution is 2.28. The van der Waals surface area contributed by atoms with Crippen LogP contribution in [0.15, 0.2) is 85.5 Å². The summed E-state index contributed by atoms with van der Waals surface area (Å²) in [6.07, 6.45) is 0.822. The van der Waals surface area contributed by atoms with Gasteiger partial charge < -0.3 is 10.0 Å². The Kier molecular flexibility index (Phi) is 5.49. The number of benzene rings is 3. The molecular formula is C23H23NO2. The number of aliphatic hydroxyl groups excluding tert-OH is 1. The quantitative estimate of drug-likeness (QED) is 0.656. The van der Waals surface area contributed by atoms with Gasteiger partial charge in [0.05, 0.1) is 12.0 Å². The van der Waals surface area contributed by atoms with Crippen LogP contribution in [0.3, 0.4) is 0 Å². The topological polar surface area (TPSA) is 40.5 Å². The van der Waals surface area contributed by atoms with Crippen molar-refractivity contribution in [1.29, 1.82) is 0 Å². The van der Waals surface area contributed by atoms with Crippen LogP contribution in [0.5, 0.6) is 0 Å². The average molecular weight is 345 g/mol. The third kappa shape index (κ3) is 3.68. The monoisotopic (exact) mass is 345 g/mol. The molecule has 3 aromatic carbocycles. The number of anilines is 1. The van der Waals surface area contributed by atoms with Crippen LogP contribution in [0.4, 0.5) is 5.69 Å². The molecule has 26 heavy (non-hydrogen) atoms. The Bertz CT molecular complexity index is 904. The highest BCUT2D eigenvalue weighted by Gasteiger charge is 2.28. The predicted molar refractivity (Wildman–Crippen MR) is 107 cm³/mol. The summed E-state index contributed by atoms with van der Waals surface area (Å²) in [6.45, 7) is 5.91. The first-order chi connectivity index (χ1) is 12.6. The van der Waals surface area contributed by atoms with Gasteiger partial charge in [0.1, 0.15) is 0 Å². The number of hydrogen-bond donors (Lipinski definition) is 1. The van der Waals surface area contributed by atoms with E-state index in [-0.39, 0.29) is 5.91 Å². The molecule has 0 bridgehead atoms. The summed E-state index contributed by atoms with van der Waals surface area (Å²) in [5.41, 5.74) is 1.55. The third-order valence-electron chi connectivity index (χ3n) is 4.62. The van der Waals surface area contributed by atoms with Gasteiger partial charge in [-0.1, -0.05) is 67.6 Å². The second kappa shape index (κ2) is 7.98. The average Bonchev–Trinajstić information content (AvgIpc) is 2.70. The van der Waals surface area contributed by atoms with Crippen molar-refractivity contribution in [2.24, 2.45) is 5.92 Å². The van der Waals surface area contributed by atoms with Crippen LogP contribution in [0.1, 0.15) is 18.6 Å². The number of carbonyl (C=O) groups excluding carboxylic acids is 1. The Morgan fingerprint density at radius 2 is 1.69 bits per heavy atom. The van der Waals surface area contributed by atoms with Crippen LogP contribution < -0.4 is 4.90 Å². The fraction of sp³-hybridized carbons (Fsp3) is 0.174. The Morgan fingerprint density at radius 1 is 1.04 bits per heavy atom. The molecule has 0 aliphatic carbocycles. The molecule has 0 unspecified atom stereocenters. The standard InChI is InChI=1S/C23H23NO2/c1-3-15-24(21-11-5-4-6-12-21)23(26)17(2)22(25)20-14-13-18-9-7-8-10-19(18)16-20/h3-14,16-17,22,25H,1,15H2,2H3/t17-,22+/m0/s1. The molecule has 3 rings (SSSR count). The molecule has 0 aliphatic heterocycles. The van der Waals surface area contributed by atoms with E-state index in [1.165, 1.54) is 0 Å². The minimum Gasteiger partial charge on any atom is -0.388 e. The highest BCUT2D eigenvalue weighted by molar-refractivity contribution is 5.95. The van der Waals surface area contributed by atoms with E-state index in [0.717, 1.165) is 22.0 Å². The first-order valence-corrected chi connectivity index (χ1v) is 8.76. The largest absolute Gasteiger partial charge is 0.388 e. The SMILES string of the molecule is C=CCN(C(=O)[C@@H](C)[C@@H](O)c1ccc2ccccc2c1)c1ccccc1. The molecule has 0 aliphatic rings. The van der Waals surface area contributed by atoms with Gasteiger partial charge in [0.2, 0.25) is 5.91 Å². The summed E-state index contributed by atoms with van der Waals surface area (Å²) in [6, 6.07) is 23.3. The van der Waals surface area contributed by atoms with Crippen LogP contribution >= 0.6 is 0 Å². The molecule has 0 radical (unpaired) electrons. The molecule has 0 saturated carbocycles. The lowest BCUT2D eigenvalue weighted by Gasteiger charge is -2.27. The predicted octanol–water partition coefficient (Wildman–Crippen LogP) is 4.73. The molecule has 3 aromatic rings. The fourth-order valence-electron chi connectivity index (χ4n) is 3.12. The molecule has 0 saturated heterocycles. The fourth-order valence-corrected chi connectivity index (χ4v) is 3.12. The number of nitrogens with zero attached hydrogens (tertiary/aromatic N) is 1. The maximum atomic E-state index is 13.0. The van der Waals surface area contributed by atoms with E-state index >= 15 is 0 Å². The number of aliphatic hydroxyl groups is 1. The zero-order chi connectivity index (χ0) is 18.5. The molecule has 132 valence electrons. The number of rotatable bonds is 6. The van der Waals surface area contributed by atoms with Crippen molar-refractivity contribution in [3.8, 4) is 0 Å². The van der Waals surface area contributed by atoms with Crippen LogP contribution in [-0.4, -0.2) is 17.6 Å². The second-order valence-corrected chi connectivity index (χ2v) is 6.41. The second-order valence-electron chi connectivity index (χ2n) is 6.41. The van der Waals surface area contributed by atoms with Crippen molar-refractivity contribution in [3.63, 3.8) is 0 Å². The summed E-state index contributed by atoms with van der Waals surface area (Å²) >= 11 is 0. The molecular weight excluding hydrogens is 322 g/mol. The molecule has 0 aromatic heterocycles. The van der Waals surface area contributed by atoms with Gasteiger partial charge in [-0.15, -0.1) is 6.58 Å². The van der Waals surface area contributed by atoms with Crippen molar-refractivity contribution in [1.82, 2.24) is 0 Å². The van der Waals surface area contributed by atoms with Crippen LogP contribution in [0.25, 0.3) is 10.8 Å². The van der Waals surface area contributed by atoms with Crippen molar-refractivity contribution in [3.05, 3.63) is 91.0 Å². The highest BCUT2D eigenvalue weighted by atomic mass is 16.3. The van der Waals surface area contributed by atoms with Gasteiger partial charge in [0.25, 0.3) is 0 Å². The summed E-state index contributed by atoms with van der Waals surface area (Å²) in [7, 11) is 0. The third-order valence-corrected chi connectivity index (χ3v) is 4.62. The Morgan fingerprint density at radius 3 is 2.38 bits per heavy atom. The zero-order valence-corrected chi connectivity index (χ0v) is 14.9. The van der Waals surface area contributed by atoms with E-state index in [0.29, 0.717) is 6.54 Å². The summed E-state index contributed by atoms with van der Waals surface area (Å²) in [5, 5.41) is 13.0. The van der Waals surface area contributed by atoms with Gasteiger partial charge in [0.15, 0.2) is 0 Å². The van der Waals surface area contributed by atoms with Crippen molar-refractivity contribution in [2.45, 2.75) is 13.0 Å². The maximum Gasteiger partial charge on any atom is 0.233 e. The van der Waals surface area contributed by atoms with Crippen molar-refractivity contribution >= 4 is 22.4 Å². The summed E-state index contributed by atoms with van der Waals surface area (Å²) in [5.74, 6) is -0.701. The molecule has 1 N–H and O–H groups in total. The van der Waals surface area contributed by atoms with Crippen LogP contribution in [0, 0.1) is 5.92 Å². The molecule has 0 heterocycles. The van der Waals surface area contributed by atoms with E-state index in [1.807, 2.05) is 72.8 Å². The van der Waals surface area contributed by atoms with E-state index in [4.69, 9.17) is 0 Å². The van der Waals surface area contributed by atoms with Gasteiger partial charge in [0, 0.05) is 12.2 Å². The van der Waals surface area contributed by atoms with Crippen molar-refractivity contribution in [2.75, 3.05) is 11.4 Å². The smallest absolute Gasteiger partial charge is 0.233 e. The van der Waals surface area contributed by atoms with Gasteiger partial charge in [-0.25, -0.2) is 0 Å². The Labute approximate surface area is 154 Å². The molecule has 3 heteroatoms. The van der Waals surface area contributed by atoms with E-state index < -0.39 is 12.0 Å². The zero-order valence-electron chi connectivity index (χ0n) is 14.9. The van der Waals surface area contributed by atoms with E-state index in [2.05, 4.69) is 6.58 Å². The first-order valence-electron chi connectivity index (χ1n) is 8.76. The number of fused-ring (bicyclic) bond motifs is 1.